The zero-order valence-electron chi connectivity index (χ0n) is 19.4. The van der Waals surface area contributed by atoms with Crippen LogP contribution < -0.4 is 5.32 Å². The van der Waals surface area contributed by atoms with Crippen LogP contribution >= 0.6 is 27.5 Å². The molecule has 4 rings (SSSR count). The summed E-state index contributed by atoms with van der Waals surface area (Å²) in [5, 5.41) is 3.57. The van der Waals surface area contributed by atoms with Crippen LogP contribution in [0.3, 0.4) is 0 Å². The first-order chi connectivity index (χ1) is 16.2. The molecule has 2 aromatic carbocycles. The Labute approximate surface area is 213 Å². The highest BCUT2D eigenvalue weighted by molar-refractivity contribution is 9.10. The van der Waals surface area contributed by atoms with Crippen molar-refractivity contribution in [2.75, 3.05) is 25.0 Å². The number of hydrogen-bond donors (Lipinski definition) is 1. The summed E-state index contributed by atoms with van der Waals surface area (Å²) in [6.45, 7) is 6.51. The normalized spacial score (nSPS) is 22.7. The van der Waals surface area contributed by atoms with Crippen LogP contribution in [0, 0.1) is 17.8 Å². The lowest BCUT2D eigenvalue weighted by Crippen LogP contribution is -2.43. The lowest BCUT2D eigenvalue weighted by atomic mass is 9.91. The van der Waals surface area contributed by atoms with Gasteiger partial charge in [0.15, 0.2) is 0 Å². The Morgan fingerprint density at radius 2 is 1.74 bits per heavy atom. The molecule has 0 radical (unpaired) electrons. The largest absolute Gasteiger partial charge is 0.338 e. The predicted molar refractivity (Wildman–Crippen MR) is 137 cm³/mol. The maximum atomic E-state index is 13.4. The van der Waals surface area contributed by atoms with Crippen LogP contribution in [0.1, 0.15) is 42.6 Å². The fraction of sp³-hybridized carbons (Fsp3) is 0.423. The molecule has 1 unspecified atom stereocenters. The summed E-state index contributed by atoms with van der Waals surface area (Å²) in [5.41, 5.74) is 1.91. The van der Waals surface area contributed by atoms with Crippen molar-refractivity contribution in [1.82, 2.24) is 9.80 Å². The van der Waals surface area contributed by atoms with Gasteiger partial charge in [-0.3, -0.25) is 14.4 Å². The molecule has 2 heterocycles. The van der Waals surface area contributed by atoms with E-state index >= 15 is 0 Å². The van der Waals surface area contributed by atoms with E-state index in [0.717, 1.165) is 16.5 Å². The van der Waals surface area contributed by atoms with Gasteiger partial charge in [-0.05, 0) is 54.2 Å². The molecule has 0 saturated carbocycles. The van der Waals surface area contributed by atoms with E-state index in [0.29, 0.717) is 54.3 Å². The minimum absolute atomic E-state index is 0.0569. The number of benzene rings is 2. The van der Waals surface area contributed by atoms with Crippen molar-refractivity contribution in [3.8, 4) is 0 Å². The second-order valence-electron chi connectivity index (χ2n) is 9.64. The SMILES string of the molecule is C[C@@H]1C[C@H](C)CN(C(=O)c2cc(Br)ccc2NC(=O)C2CC(=O)N(Cc3ccc(Cl)cc3)C2)C1. The number of likely N-dealkylation sites (tertiary alicyclic amines) is 2. The number of carbonyl (C=O) groups excluding carboxylic acids is 3. The monoisotopic (exact) mass is 545 g/mol. The Balaban J connectivity index is 1.45. The smallest absolute Gasteiger partial charge is 0.256 e. The summed E-state index contributed by atoms with van der Waals surface area (Å²) in [7, 11) is 0. The Hall–Kier alpha value is -2.38. The molecule has 2 saturated heterocycles. The first-order valence-electron chi connectivity index (χ1n) is 11.6. The quantitative estimate of drug-likeness (QED) is 0.560. The molecule has 8 heteroatoms. The van der Waals surface area contributed by atoms with Gasteiger partial charge in [0.2, 0.25) is 11.8 Å². The number of piperidine rings is 1. The molecule has 2 fully saturated rings. The van der Waals surface area contributed by atoms with Crippen molar-refractivity contribution in [3.05, 3.63) is 63.1 Å². The Bertz CT molecular complexity index is 1080. The maximum absolute atomic E-state index is 13.4. The fourth-order valence-corrected chi connectivity index (χ4v) is 5.43. The first kappa shape index (κ1) is 24.7. The molecular formula is C26H29BrClN3O3. The van der Waals surface area contributed by atoms with Crippen LogP contribution in [0.25, 0.3) is 0 Å². The number of carbonyl (C=O) groups is 3. The van der Waals surface area contributed by atoms with Gasteiger partial charge in [-0.2, -0.15) is 0 Å². The van der Waals surface area contributed by atoms with Crippen LogP contribution in [0.15, 0.2) is 46.9 Å². The Morgan fingerprint density at radius 3 is 2.41 bits per heavy atom. The molecule has 0 spiro atoms. The van der Waals surface area contributed by atoms with Gasteiger partial charge in [0.1, 0.15) is 0 Å². The van der Waals surface area contributed by atoms with Crippen molar-refractivity contribution < 1.29 is 14.4 Å². The summed E-state index contributed by atoms with van der Waals surface area (Å²) in [5.74, 6) is 0.0218. The van der Waals surface area contributed by atoms with Gasteiger partial charge in [0.05, 0.1) is 17.2 Å². The average molecular weight is 547 g/mol. The second kappa shape index (κ2) is 10.5. The van der Waals surface area contributed by atoms with Gasteiger partial charge < -0.3 is 15.1 Å². The van der Waals surface area contributed by atoms with E-state index in [1.807, 2.05) is 17.0 Å². The zero-order valence-corrected chi connectivity index (χ0v) is 21.7. The molecule has 6 nitrogen and oxygen atoms in total. The Morgan fingerprint density at radius 1 is 1.06 bits per heavy atom. The molecule has 2 aliphatic heterocycles. The van der Waals surface area contributed by atoms with E-state index in [9.17, 15) is 14.4 Å². The van der Waals surface area contributed by atoms with Crippen molar-refractivity contribution in [3.63, 3.8) is 0 Å². The van der Waals surface area contributed by atoms with E-state index < -0.39 is 5.92 Å². The fourth-order valence-electron chi connectivity index (χ4n) is 4.95. The number of hydrogen-bond acceptors (Lipinski definition) is 3. The van der Waals surface area contributed by atoms with E-state index in [1.54, 1.807) is 35.2 Å². The maximum Gasteiger partial charge on any atom is 0.256 e. The lowest BCUT2D eigenvalue weighted by Gasteiger charge is -2.35. The number of anilines is 1. The van der Waals surface area contributed by atoms with Gasteiger partial charge in [-0.25, -0.2) is 0 Å². The summed E-state index contributed by atoms with van der Waals surface area (Å²) in [6.07, 6.45) is 1.26. The van der Waals surface area contributed by atoms with Crippen LogP contribution in [0.2, 0.25) is 5.02 Å². The third-order valence-corrected chi connectivity index (χ3v) is 7.24. The predicted octanol–water partition coefficient (Wildman–Crippen LogP) is 5.21. The minimum Gasteiger partial charge on any atom is -0.338 e. The minimum atomic E-state index is -0.471. The molecule has 34 heavy (non-hydrogen) atoms. The molecule has 3 amide bonds. The third-order valence-electron chi connectivity index (χ3n) is 6.50. The molecule has 0 aliphatic carbocycles. The molecule has 180 valence electrons. The topological polar surface area (TPSA) is 69.7 Å². The van der Waals surface area contributed by atoms with Crippen molar-refractivity contribution in [2.24, 2.45) is 17.8 Å². The van der Waals surface area contributed by atoms with E-state index in [1.165, 1.54) is 0 Å². The first-order valence-corrected chi connectivity index (χ1v) is 12.8. The van der Waals surface area contributed by atoms with Crippen LogP contribution in [0.4, 0.5) is 5.69 Å². The van der Waals surface area contributed by atoms with Crippen LogP contribution in [0.5, 0.6) is 0 Å². The molecule has 3 atom stereocenters. The number of halogens is 2. The van der Waals surface area contributed by atoms with Gasteiger partial charge >= 0.3 is 0 Å². The second-order valence-corrected chi connectivity index (χ2v) is 11.0. The highest BCUT2D eigenvalue weighted by Crippen LogP contribution is 2.29. The van der Waals surface area contributed by atoms with Crippen molar-refractivity contribution in [2.45, 2.75) is 33.2 Å². The molecule has 0 aromatic heterocycles. The standard InChI is InChI=1S/C26H29BrClN3O3/c1-16-9-17(2)13-31(12-16)26(34)22-11-20(27)5-8-23(22)29-25(33)19-10-24(32)30(15-19)14-18-3-6-21(28)7-4-18/h3-8,11,16-17,19H,9-10,12-15H2,1-2H3,(H,29,33)/t16-,17+,19?. The molecule has 2 aliphatic rings. The van der Waals surface area contributed by atoms with Gasteiger partial charge in [-0.1, -0.05) is 53.5 Å². The zero-order chi connectivity index (χ0) is 24.4. The van der Waals surface area contributed by atoms with Crippen molar-refractivity contribution >= 4 is 50.9 Å². The van der Waals surface area contributed by atoms with Gasteiger partial charge in [0.25, 0.3) is 5.91 Å². The van der Waals surface area contributed by atoms with Gasteiger partial charge in [-0.15, -0.1) is 0 Å². The molecule has 1 N–H and O–H groups in total. The van der Waals surface area contributed by atoms with E-state index in [-0.39, 0.29) is 24.1 Å². The van der Waals surface area contributed by atoms with E-state index in [4.69, 9.17) is 11.6 Å². The Kier molecular flexibility index (Phi) is 7.63. The number of nitrogens with zero attached hydrogens (tertiary/aromatic N) is 2. The lowest BCUT2D eigenvalue weighted by molar-refractivity contribution is -0.128. The molecule has 2 aromatic rings. The van der Waals surface area contributed by atoms with Crippen LogP contribution in [-0.4, -0.2) is 47.2 Å². The van der Waals surface area contributed by atoms with Gasteiger partial charge in [0, 0.05) is 42.1 Å². The molecular weight excluding hydrogens is 518 g/mol. The summed E-state index contributed by atoms with van der Waals surface area (Å²) in [6, 6.07) is 12.6. The highest BCUT2D eigenvalue weighted by atomic mass is 79.9. The number of rotatable bonds is 5. The summed E-state index contributed by atoms with van der Waals surface area (Å²) >= 11 is 9.40. The number of amides is 3. The third kappa shape index (κ3) is 5.81. The number of nitrogens with one attached hydrogen (secondary N) is 1. The van der Waals surface area contributed by atoms with Crippen molar-refractivity contribution in [1.29, 1.82) is 0 Å². The summed E-state index contributed by atoms with van der Waals surface area (Å²) < 4.78 is 0.775. The average Bonchev–Trinajstić information content (AvgIpc) is 3.15. The summed E-state index contributed by atoms with van der Waals surface area (Å²) in [4.78, 5) is 42.6. The molecule has 0 bridgehead atoms. The van der Waals surface area contributed by atoms with E-state index in [2.05, 4.69) is 35.1 Å². The highest BCUT2D eigenvalue weighted by Gasteiger charge is 2.35. The van der Waals surface area contributed by atoms with Crippen LogP contribution in [-0.2, 0) is 16.1 Å².